The zero-order valence-electron chi connectivity index (χ0n) is 21.4. The highest BCUT2D eigenvalue weighted by molar-refractivity contribution is 6.32. The Morgan fingerprint density at radius 3 is 2.49 bits per heavy atom. The van der Waals surface area contributed by atoms with E-state index in [9.17, 15) is 25.2 Å². The van der Waals surface area contributed by atoms with Gasteiger partial charge in [-0.2, -0.15) is 0 Å². The lowest BCUT2D eigenvalue weighted by molar-refractivity contribution is -0.314. The number of ketones is 1. The average molecular weight is 535 g/mol. The molecule has 8 nitrogen and oxygen atoms in total. The molecular weight excluding hydrogens is 500 g/mol. The van der Waals surface area contributed by atoms with Crippen LogP contribution in [0.2, 0.25) is 5.02 Å². The Balaban J connectivity index is 1.53. The van der Waals surface area contributed by atoms with Crippen molar-refractivity contribution >= 4 is 17.4 Å². The predicted octanol–water partition coefficient (Wildman–Crippen LogP) is 3.07. The number of benzene rings is 2. The van der Waals surface area contributed by atoms with E-state index in [0.29, 0.717) is 18.1 Å². The van der Waals surface area contributed by atoms with E-state index in [1.54, 1.807) is 25.3 Å². The molecule has 1 aliphatic heterocycles. The maximum Gasteiger partial charge on any atom is 0.231 e. The summed E-state index contributed by atoms with van der Waals surface area (Å²) >= 11 is 6.50. The van der Waals surface area contributed by atoms with Gasteiger partial charge in [0.1, 0.15) is 24.1 Å². The molecule has 0 radical (unpaired) electrons. The first kappa shape index (κ1) is 28.0. The molecule has 37 heavy (non-hydrogen) atoms. The van der Waals surface area contributed by atoms with E-state index in [1.807, 2.05) is 31.2 Å². The Kier molecular flexibility index (Phi) is 8.03. The minimum absolute atomic E-state index is 0.116. The van der Waals surface area contributed by atoms with Crippen LogP contribution >= 0.6 is 11.6 Å². The standard InChI is InChI=1S/C28H35ClO8/c1-15-19(10-11-35-4)27(15,2)24(32)18-7-5-6-16(12-18)17-8-9-21(20(29)13-17)36-26-28(3,34)25(33)23(31)22(14-30)37-26/h5-9,12-13,15,19,22-23,25-26,30-31,33-34H,10-11,14H2,1-4H3/t15?,19?,22-,23-,25+,26+,27?,28+/m1/s1. The number of methoxy groups -OCH3 is 1. The monoisotopic (exact) mass is 534 g/mol. The molecule has 0 aromatic heterocycles. The largest absolute Gasteiger partial charge is 0.460 e. The van der Waals surface area contributed by atoms with Crippen LogP contribution in [0.4, 0.5) is 0 Å². The third kappa shape index (κ3) is 5.04. The fourth-order valence-corrected chi connectivity index (χ4v) is 5.63. The normalized spacial score (nSPS) is 35.3. The summed E-state index contributed by atoms with van der Waals surface area (Å²) in [5, 5.41) is 40.7. The van der Waals surface area contributed by atoms with E-state index in [2.05, 4.69) is 6.92 Å². The highest BCUT2D eigenvalue weighted by atomic mass is 35.5. The van der Waals surface area contributed by atoms with Crippen LogP contribution < -0.4 is 4.74 Å². The molecule has 202 valence electrons. The number of hydrogen-bond donors (Lipinski definition) is 4. The van der Waals surface area contributed by atoms with Gasteiger partial charge < -0.3 is 34.6 Å². The summed E-state index contributed by atoms with van der Waals surface area (Å²) in [5.41, 5.74) is -0.161. The Morgan fingerprint density at radius 2 is 1.84 bits per heavy atom. The number of carbonyl (C=O) groups excluding carboxylic acids is 1. The van der Waals surface area contributed by atoms with Gasteiger partial charge >= 0.3 is 0 Å². The third-order valence-electron chi connectivity index (χ3n) is 8.22. The zero-order valence-corrected chi connectivity index (χ0v) is 22.2. The minimum Gasteiger partial charge on any atom is -0.460 e. The van der Waals surface area contributed by atoms with Crippen LogP contribution in [0.3, 0.4) is 0 Å². The molecule has 1 aliphatic carbocycles. The van der Waals surface area contributed by atoms with E-state index in [-0.39, 0.29) is 22.5 Å². The number of carbonyl (C=O) groups is 1. The number of ether oxygens (including phenoxy) is 3. The van der Waals surface area contributed by atoms with Crippen LogP contribution in [0.1, 0.15) is 37.6 Å². The van der Waals surface area contributed by atoms with Crippen LogP contribution in [0.25, 0.3) is 11.1 Å². The molecule has 8 atom stereocenters. The van der Waals surface area contributed by atoms with Crippen molar-refractivity contribution in [3.8, 4) is 16.9 Å². The molecule has 9 heteroatoms. The number of hydrogen-bond acceptors (Lipinski definition) is 8. The highest BCUT2D eigenvalue weighted by Crippen LogP contribution is 2.61. The van der Waals surface area contributed by atoms with Crippen LogP contribution in [-0.2, 0) is 9.47 Å². The summed E-state index contributed by atoms with van der Waals surface area (Å²) in [5.74, 6) is 0.876. The van der Waals surface area contributed by atoms with Crippen molar-refractivity contribution in [1.29, 1.82) is 0 Å². The van der Waals surface area contributed by atoms with E-state index in [1.165, 1.54) is 6.92 Å². The first-order chi connectivity index (χ1) is 17.5. The summed E-state index contributed by atoms with van der Waals surface area (Å²) in [4.78, 5) is 13.4. The lowest BCUT2D eigenvalue weighted by Gasteiger charge is -2.45. The van der Waals surface area contributed by atoms with Gasteiger partial charge in [0.2, 0.25) is 6.29 Å². The molecule has 0 bridgehead atoms. The van der Waals surface area contributed by atoms with Gasteiger partial charge in [0.05, 0.1) is 11.6 Å². The molecule has 4 rings (SSSR count). The second-order valence-corrected chi connectivity index (χ2v) is 10.9. The van der Waals surface area contributed by atoms with Crippen LogP contribution in [0.5, 0.6) is 5.75 Å². The molecule has 1 saturated heterocycles. The minimum atomic E-state index is -1.96. The van der Waals surface area contributed by atoms with Gasteiger partial charge in [0, 0.05) is 24.7 Å². The van der Waals surface area contributed by atoms with Crippen LogP contribution in [-0.4, -0.2) is 76.7 Å². The third-order valence-corrected chi connectivity index (χ3v) is 8.51. The van der Waals surface area contributed by atoms with Gasteiger partial charge in [-0.05, 0) is 54.5 Å². The van der Waals surface area contributed by atoms with Gasteiger partial charge in [-0.1, -0.05) is 49.7 Å². The first-order valence-corrected chi connectivity index (χ1v) is 12.8. The fraction of sp³-hybridized carbons (Fsp3) is 0.536. The second-order valence-electron chi connectivity index (χ2n) is 10.5. The van der Waals surface area contributed by atoms with Crippen molar-refractivity contribution < 1.29 is 39.4 Å². The van der Waals surface area contributed by atoms with Crippen molar-refractivity contribution in [2.24, 2.45) is 17.3 Å². The second kappa shape index (κ2) is 10.6. The van der Waals surface area contributed by atoms with E-state index < -0.39 is 42.2 Å². The fourth-order valence-electron chi connectivity index (χ4n) is 5.41. The molecule has 1 heterocycles. The topological polar surface area (TPSA) is 126 Å². The molecular formula is C28H35ClO8. The molecule has 0 amide bonds. The van der Waals surface area contributed by atoms with E-state index in [0.717, 1.165) is 17.5 Å². The van der Waals surface area contributed by atoms with Crippen molar-refractivity contribution in [1.82, 2.24) is 0 Å². The lowest BCUT2D eigenvalue weighted by Crippen LogP contribution is -2.66. The number of rotatable bonds is 9. The number of aliphatic hydroxyl groups is 4. The first-order valence-electron chi connectivity index (χ1n) is 12.4. The van der Waals surface area contributed by atoms with Crippen molar-refractivity contribution in [2.45, 2.75) is 57.4 Å². The molecule has 2 aromatic rings. The molecule has 2 fully saturated rings. The summed E-state index contributed by atoms with van der Waals surface area (Å²) in [7, 11) is 1.67. The summed E-state index contributed by atoms with van der Waals surface area (Å²) in [6.07, 6.45) is -4.76. The van der Waals surface area contributed by atoms with Crippen LogP contribution in [0.15, 0.2) is 42.5 Å². The molecule has 2 aromatic carbocycles. The number of aliphatic hydroxyl groups excluding tert-OH is 3. The Morgan fingerprint density at radius 1 is 1.14 bits per heavy atom. The maximum atomic E-state index is 13.4. The quantitative estimate of drug-likeness (QED) is 0.362. The molecule has 0 spiro atoms. The van der Waals surface area contributed by atoms with Crippen molar-refractivity contribution in [3.05, 3.63) is 53.1 Å². The van der Waals surface area contributed by atoms with E-state index >= 15 is 0 Å². The molecule has 3 unspecified atom stereocenters. The Bertz CT molecular complexity index is 1140. The smallest absolute Gasteiger partial charge is 0.231 e. The van der Waals surface area contributed by atoms with Crippen molar-refractivity contribution in [2.75, 3.05) is 20.3 Å². The Labute approximate surface area is 221 Å². The predicted molar refractivity (Wildman–Crippen MR) is 137 cm³/mol. The summed E-state index contributed by atoms with van der Waals surface area (Å²) < 4.78 is 16.5. The summed E-state index contributed by atoms with van der Waals surface area (Å²) in [6.45, 7) is 5.46. The van der Waals surface area contributed by atoms with Gasteiger partial charge in [0.25, 0.3) is 0 Å². The number of halogens is 1. The van der Waals surface area contributed by atoms with Gasteiger partial charge in [-0.15, -0.1) is 0 Å². The average Bonchev–Trinajstić information content (AvgIpc) is 3.43. The molecule has 4 N–H and O–H groups in total. The van der Waals surface area contributed by atoms with Gasteiger partial charge in [-0.25, -0.2) is 0 Å². The lowest BCUT2D eigenvalue weighted by atomic mass is 9.88. The van der Waals surface area contributed by atoms with E-state index in [4.69, 9.17) is 25.8 Å². The van der Waals surface area contributed by atoms with Gasteiger partial charge in [-0.3, -0.25) is 4.79 Å². The van der Waals surface area contributed by atoms with Gasteiger partial charge in [0.15, 0.2) is 11.4 Å². The zero-order chi connectivity index (χ0) is 27.1. The SMILES string of the molecule is COCCC1C(C)C1(C)C(=O)c1cccc(-c2ccc(O[C@H]3O[C@H](CO)[C@@H](O)[C@H](O)[C@]3(C)O)c(Cl)c2)c1. The van der Waals surface area contributed by atoms with Crippen molar-refractivity contribution in [3.63, 3.8) is 0 Å². The summed E-state index contributed by atoms with van der Waals surface area (Å²) in [6, 6.07) is 12.5. The number of Topliss-reactive ketones (excluding diaryl/α,β-unsaturated/α-hetero) is 1. The highest BCUT2D eigenvalue weighted by Gasteiger charge is 2.62. The molecule has 1 saturated carbocycles. The molecule has 2 aliphatic rings. The maximum absolute atomic E-state index is 13.4. The van der Waals surface area contributed by atoms with Crippen LogP contribution in [0, 0.1) is 17.3 Å². The Hall–Kier alpha value is -2.04.